The first-order valence-electron chi connectivity index (χ1n) is 9.62. The third kappa shape index (κ3) is 3.46. The molecule has 2 fully saturated rings. The van der Waals surface area contributed by atoms with E-state index < -0.39 is 0 Å². The van der Waals surface area contributed by atoms with Crippen molar-refractivity contribution in [1.82, 2.24) is 14.5 Å². The van der Waals surface area contributed by atoms with E-state index >= 15 is 0 Å². The summed E-state index contributed by atoms with van der Waals surface area (Å²) in [5.41, 5.74) is -0.220. The van der Waals surface area contributed by atoms with Gasteiger partial charge in [0.25, 0.3) is 0 Å². The summed E-state index contributed by atoms with van der Waals surface area (Å²) >= 11 is 3.60. The van der Waals surface area contributed by atoms with Crippen LogP contribution in [0.5, 0.6) is 0 Å². The standard InChI is InChI=1S/C20H27N3OS2/c1-22-13-10-21-19(22)26-15-16-6-11-23(12-7-16)18(24)20(8-2-3-9-20)17-5-4-14-25-17/h4-5,10,13-14,16H,2-3,6-9,11-12,15H2,1H3. The van der Waals surface area contributed by atoms with E-state index in [4.69, 9.17) is 0 Å². The van der Waals surface area contributed by atoms with Gasteiger partial charge in [-0.15, -0.1) is 11.3 Å². The fourth-order valence-electron chi connectivity index (χ4n) is 4.38. The highest BCUT2D eigenvalue weighted by molar-refractivity contribution is 7.99. The van der Waals surface area contributed by atoms with Crippen LogP contribution >= 0.6 is 23.1 Å². The number of thioether (sulfide) groups is 1. The maximum Gasteiger partial charge on any atom is 0.234 e. The highest BCUT2D eigenvalue weighted by Gasteiger charge is 2.46. The summed E-state index contributed by atoms with van der Waals surface area (Å²) in [6.07, 6.45) is 10.5. The number of carbonyl (C=O) groups excluding carboxylic acids is 1. The molecule has 0 spiro atoms. The second kappa shape index (κ2) is 7.77. The predicted molar refractivity (Wildman–Crippen MR) is 108 cm³/mol. The molecule has 2 aliphatic rings. The number of piperidine rings is 1. The molecule has 0 N–H and O–H groups in total. The Balaban J connectivity index is 1.35. The van der Waals surface area contributed by atoms with Gasteiger partial charge < -0.3 is 9.47 Å². The predicted octanol–water partition coefficient (Wildman–Crippen LogP) is 4.32. The minimum atomic E-state index is -0.220. The van der Waals surface area contributed by atoms with Crippen LogP contribution in [0.15, 0.2) is 35.1 Å². The number of carbonyl (C=O) groups is 1. The van der Waals surface area contributed by atoms with E-state index in [9.17, 15) is 4.79 Å². The third-order valence-corrected chi connectivity index (χ3v) is 8.35. The monoisotopic (exact) mass is 389 g/mol. The van der Waals surface area contributed by atoms with Crippen LogP contribution in [0.25, 0.3) is 0 Å². The van der Waals surface area contributed by atoms with E-state index in [2.05, 4.69) is 32.0 Å². The van der Waals surface area contributed by atoms with Gasteiger partial charge in [-0.2, -0.15) is 0 Å². The van der Waals surface area contributed by atoms with Crippen molar-refractivity contribution in [2.75, 3.05) is 18.8 Å². The largest absolute Gasteiger partial charge is 0.342 e. The van der Waals surface area contributed by atoms with Crippen LogP contribution < -0.4 is 0 Å². The minimum Gasteiger partial charge on any atom is -0.342 e. The summed E-state index contributed by atoms with van der Waals surface area (Å²) in [5, 5.41) is 3.20. The number of likely N-dealkylation sites (tertiary alicyclic amines) is 1. The first-order valence-corrected chi connectivity index (χ1v) is 11.5. The van der Waals surface area contributed by atoms with Crippen molar-refractivity contribution in [3.8, 4) is 0 Å². The maximum atomic E-state index is 13.4. The molecule has 4 rings (SSSR count). The van der Waals surface area contributed by atoms with Crippen LogP contribution in [0, 0.1) is 5.92 Å². The molecule has 2 aromatic heterocycles. The number of rotatable bonds is 5. The quantitative estimate of drug-likeness (QED) is 0.715. The number of nitrogens with zero attached hydrogens (tertiary/aromatic N) is 3. The maximum absolute atomic E-state index is 13.4. The van der Waals surface area contributed by atoms with E-state index in [0.717, 1.165) is 49.7 Å². The number of aryl methyl sites for hydroxylation is 1. The molecule has 1 aliphatic heterocycles. The normalized spacial score (nSPS) is 20.6. The molecule has 0 bridgehead atoms. The zero-order valence-corrected chi connectivity index (χ0v) is 17.0. The number of amides is 1. The Hall–Kier alpha value is -1.27. The Kier molecular flexibility index (Phi) is 5.41. The van der Waals surface area contributed by atoms with Gasteiger partial charge in [0.15, 0.2) is 5.16 Å². The lowest BCUT2D eigenvalue weighted by molar-refractivity contribution is -0.138. The molecule has 0 unspecified atom stereocenters. The van der Waals surface area contributed by atoms with Crippen LogP contribution in [0.4, 0.5) is 0 Å². The molecule has 26 heavy (non-hydrogen) atoms. The van der Waals surface area contributed by atoms with Crippen molar-refractivity contribution in [3.63, 3.8) is 0 Å². The Morgan fingerprint density at radius 3 is 2.73 bits per heavy atom. The van der Waals surface area contributed by atoms with Crippen LogP contribution in [0.3, 0.4) is 0 Å². The molecule has 1 aliphatic carbocycles. The highest BCUT2D eigenvalue weighted by Crippen LogP contribution is 2.45. The van der Waals surface area contributed by atoms with Crippen molar-refractivity contribution < 1.29 is 4.79 Å². The molecule has 0 aromatic carbocycles. The molecule has 1 saturated carbocycles. The molecule has 2 aromatic rings. The fraction of sp³-hybridized carbons (Fsp3) is 0.600. The molecule has 0 radical (unpaired) electrons. The Morgan fingerprint density at radius 1 is 1.35 bits per heavy atom. The van der Waals surface area contributed by atoms with Gasteiger partial charge >= 0.3 is 0 Å². The summed E-state index contributed by atoms with van der Waals surface area (Å²) in [5.74, 6) is 2.18. The lowest BCUT2D eigenvalue weighted by Gasteiger charge is -2.38. The van der Waals surface area contributed by atoms with Crippen LogP contribution in [0.1, 0.15) is 43.4 Å². The number of thiophene rings is 1. The second-order valence-corrected chi connectivity index (χ2v) is 9.57. The molecule has 4 nitrogen and oxygen atoms in total. The van der Waals surface area contributed by atoms with Crippen molar-refractivity contribution in [2.45, 2.75) is 49.1 Å². The SMILES string of the molecule is Cn1ccnc1SCC1CCN(C(=O)C2(c3cccs3)CCCC2)CC1. The molecular weight excluding hydrogens is 362 g/mol. The molecule has 1 amide bonds. The first kappa shape index (κ1) is 18.1. The Bertz CT molecular complexity index is 726. The summed E-state index contributed by atoms with van der Waals surface area (Å²) in [6.45, 7) is 1.83. The smallest absolute Gasteiger partial charge is 0.234 e. The average molecular weight is 390 g/mol. The summed E-state index contributed by atoms with van der Waals surface area (Å²) < 4.78 is 2.08. The van der Waals surface area contributed by atoms with Crippen molar-refractivity contribution in [3.05, 3.63) is 34.8 Å². The number of hydrogen-bond acceptors (Lipinski definition) is 4. The van der Waals surface area contributed by atoms with E-state index in [1.54, 1.807) is 11.3 Å². The molecule has 0 atom stereocenters. The van der Waals surface area contributed by atoms with Gasteiger partial charge in [-0.1, -0.05) is 30.7 Å². The number of hydrogen-bond donors (Lipinski definition) is 0. The summed E-state index contributed by atoms with van der Waals surface area (Å²) in [7, 11) is 2.04. The van der Waals surface area contributed by atoms with Crippen LogP contribution in [-0.4, -0.2) is 39.2 Å². The molecule has 6 heteroatoms. The minimum absolute atomic E-state index is 0.220. The number of aromatic nitrogens is 2. The average Bonchev–Trinajstić information content (AvgIpc) is 3.42. The molecule has 140 valence electrons. The Labute approximate surface area is 164 Å². The summed E-state index contributed by atoms with van der Waals surface area (Å²) in [6, 6.07) is 4.26. The van der Waals surface area contributed by atoms with Crippen LogP contribution in [-0.2, 0) is 17.3 Å². The fourth-order valence-corrected chi connectivity index (χ4v) is 6.48. The first-order chi connectivity index (χ1) is 12.7. The molecule has 3 heterocycles. The third-order valence-electron chi connectivity index (χ3n) is 5.99. The van der Waals surface area contributed by atoms with Gasteiger partial charge in [-0.05, 0) is 43.0 Å². The van der Waals surface area contributed by atoms with Gasteiger partial charge in [-0.25, -0.2) is 4.98 Å². The van der Waals surface area contributed by atoms with Gasteiger partial charge in [0.2, 0.25) is 5.91 Å². The van der Waals surface area contributed by atoms with Gasteiger partial charge in [-0.3, -0.25) is 4.79 Å². The lowest BCUT2D eigenvalue weighted by Crippen LogP contribution is -2.48. The Morgan fingerprint density at radius 2 is 2.12 bits per heavy atom. The van der Waals surface area contributed by atoms with E-state index in [1.165, 1.54) is 17.7 Å². The van der Waals surface area contributed by atoms with Gasteiger partial charge in [0.1, 0.15) is 0 Å². The topological polar surface area (TPSA) is 38.1 Å². The zero-order chi connectivity index (χ0) is 18.0. The molecular formula is C20H27N3OS2. The second-order valence-electron chi connectivity index (χ2n) is 7.63. The van der Waals surface area contributed by atoms with Crippen molar-refractivity contribution >= 4 is 29.0 Å². The van der Waals surface area contributed by atoms with Crippen molar-refractivity contribution in [2.24, 2.45) is 13.0 Å². The van der Waals surface area contributed by atoms with Gasteiger partial charge in [0.05, 0.1) is 5.41 Å². The van der Waals surface area contributed by atoms with Gasteiger partial charge in [0, 0.05) is 43.2 Å². The lowest BCUT2D eigenvalue weighted by atomic mass is 9.82. The highest BCUT2D eigenvalue weighted by atomic mass is 32.2. The van der Waals surface area contributed by atoms with E-state index in [1.807, 2.05) is 31.2 Å². The number of imidazole rings is 1. The van der Waals surface area contributed by atoms with Crippen molar-refractivity contribution in [1.29, 1.82) is 0 Å². The summed E-state index contributed by atoms with van der Waals surface area (Å²) in [4.78, 5) is 21.3. The molecule has 1 saturated heterocycles. The van der Waals surface area contributed by atoms with Crippen LogP contribution in [0.2, 0.25) is 0 Å². The zero-order valence-electron chi connectivity index (χ0n) is 15.4. The van der Waals surface area contributed by atoms with E-state index in [-0.39, 0.29) is 5.41 Å². The van der Waals surface area contributed by atoms with E-state index in [0.29, 0.717) is 11.8 Å².